The highest BCUT2D eigenvalue weighted by atomic mass is 19.4. The molecule has 0 bridgehead atoms. The number of hydrogen-bond donors (Lipinski definition) is 0. The molecule has 0 amide bonds. The van der Waals surface area contributed by atoms with E-state index in [0.29, 0.717) is 5.56 Å². The Balaban J connectivity index is 1.60. The summed E-state index contributed by atoms with van der Waals surface area (Å²) in [6.07, 6.45) is -8.11. The van der Waals surface area contributed by atoms with Crippen LogP contribution >= 0.6 is 0 Å². The van der Waals surface area contributed by atoms with E-state index in [0.717, 1.165) is 18.2 Å². The molecule has 0 radical (unpaired) electrons. The lowest BCUT2D eigenvalue weighted by Gasteiger charge is -2.11. The molecule has 0 N–H and O–H groups in total. The first-order chi connectivity index (χ1) is 15.0. The Kier molecular flexibility index (Phi) is 5.04. The molecule has 0 aliphatic heterocycles. The summed E-state index contributed by atoms with van der Waals surface area (Å²) in [5.74, 6) is -0.267. The molecular formula is C20H10F6N4O2. The summed E-state index contributed by atoms with van der Waals surface area (Å²) in [5, 5.41) is 3.64. The van der Waals surface area contributed by atoms with E-state index in [-0.39, 0.29) is 29.2 Å². The van der Waals surface area contributed by atoms with Gasteiger partial charge in [0.05, 0.1) is 18.7 Å². The number of aromatic nitrogens is 3. The van der Waals surface area contributed by atoms with Crippen LogP contribution in [0, 0.1) is 6.57 Å². The summed E-state index contributed by atoms with van der Waals surface area (Å²) in [4.78, 5) is 7.09. The fraction of sp³-hybridized carbons (Fsp3) is 0.150. The highest BCUT2D eigenvalue weighted by Gasteiger charge is 2.36. The molecule has 4 aromatic rings. The summed E-state index contributed by atoms with van der Waals surface area (Å²) >= 11 is 0. The second kappa shape index (κ2) is 7.60. The van der Waals surface area contributed by atoms with E-state index in [4.69, 9.17) is 11.1 Å². The SMILES string of the molecule is [C-]#[N+]c1ccc2c(ccn2Cc2noc(-c3ccc(OC(F)(F)F)cc3)n2)c1C(F)(F)F. The molecule has 2 aromatic carbocycles. The lowest BCUT2D eigenvalue weighted by molar-refractivity contribution is -0.274. The van der Waals surface area contributed by atoms with Gasteiger partial charge in [-0.05, 0) is 36.4 Å². The van der Waals surface area contributed by atoms with Gasteiger partial charge in [0, 0.05) is 22.7 Å². The first kappa shape index (κ1) is 21.2. The van der Waals surface area contributed by atoms with Crippen molar-refractivity contribution in [2.75, 3.05) is 0 Å². The standard InChI is InChI=1S/C20H10F6N4O2/c1-27-14-6-7-15-13(17(14)19(21,22)23)8-9-30(15)10-16-28-18(32-29-16)11-2-4-12(5-3-11)31-20(24,25)26/h2-9H,10H2. The van der Waals surface area contributed by atoms with Crippen LogP contribution in [0.4, 0.5) is 32.0 Å². The zero-order valence-corrected chi connectivity index (χ0v) is 15.7. The van der Waals surface area contributed by atoms with E-state index in [1.165, 1.54) is 35.0 Å². The van der Waals surface area contributed by atoms with Crippen LogP contribution in [0.3, 0.4) is 0 Å². The quantitative estimate of drug-likeness (QED) is 0.273. The van der Waals surface area contributed by atoms with E-state index in [2.05, 4.69) is 19.7 Å². The molecule has 4 rings (SSSR count). The van der Waals surface area contributed by atoms with Crippen molar-refractivity contribution in [3.63, 3.8) is 0 Å². The van der Waals surface area contributed by atoms with Gasteiger partial charge in [-0.2, -0.15) is 18.2 Å². The number of halogens is 6. The second-order valence-electron chi connectivity index (χ2n) is 6.53. The Morgan fingerprint density at radius 2 is 1.72 bits per heavy atom. The number of nitrogens with zero attached hydrogens (tertiary/aromatic N) is 4. The molecule has 0 fully saturated rings. The number of benzene rings is 2. The van der Waals surface area contributed by atoms with E-state index in [9.17, 15) is 26.3 Å². The van der Waals surface area contributed by atoms with Crippen LogP contribution in [-0.4, -0.2) is 21.1 Å². The van der Waals surface area contributed by atoms with Crippen LogP contribution in [0.5, 0.6) is 5.75 Å². The fourth-order valence-electron chi connectivity index (χ4n) is 3.18. The van der Waals surface area contributed by atoms with Crippen LogP contribution < -0.4 is 4.74 Å². The third-order valence-corrected chi connectivity index (χ3v) is 4.45. The van der Waals surface area contributed by atoms with Gasteiger partial charge < -0.3 is 13.8 Å². The molecular weight excluding hydrogens is 442 g/mol. The van der Waals surface area contributed by atoms with Gasteiger partial charge >= 0.3 is 12.5 Å². The number of hydrogen-bond acceptors (Lipinski definition) is 4. The third-order valence-electron chi connectivity index (χ3n) is 4.45. The summed E-state index contributed by atoms with van der Waals surface area (Å²) in [6, 6.07) is 8.52. The van der Waals surface area contributed by atoms with Crippen molar-refractivity contribution in [2.45, 2.75) is 19.1 Å². The van der Waals surface area contributed by atoms with Crippen LogP contribution in [0.25, 0.3) is 27.2 Å². The molecule has 0 aliphatic rings. The largest absolute Gasteiger partial charge is 0.573 e. The molecule has 2 heterocycles. The highest BCUT2D eigenvalue weighted by molar-refractivity contribution is 5.89. The number of alkyl halides is 6. The van der Waals surface area contributed by atoms with E-state index in [1.54, 1.807) is 0 Å². The Hall–Kier alpha value is -4.01. The smallest absolute Gasteiger partial charge is 0.406 e. The number of rotatable bonds is 4. The maximum absolute atomic E-state index is 13.4. The Labute approximate surface area is 175 Å². The molecule has 0 saturated carbocycles. The zero-order valence-electron chi connectivity index (χ0n) is 15.7. The predicted octanol–water partition coefficient (Wildman–Crippen LogP) is 6.21. The Morgan fingerprint density at radius 1 is 1.00 bits per heavy atom. The summed E-state index contributed by atoms with van der Waals surface area (Å²) in [5.41, 5.74) is -0.956. The number of ether oxygens (including phenoxy) is 1. The summed E-state index contributed by atoms with van der Waals surface area (Å²) in [6.45, 7) is 6.96. The van der Waals surface area contributed by atoms with Crippen molar-refractivity contribution >= 4 is 16.6 Å². The predicted molar refractivity (Wildman–Crippen MR) is 98.7 cm³/mol. The molecule has 12 heteroatoms. The Bertz CT molecular complexity index is 1310. The molecule has 164 valence electrons. The molecule has 6 nitrogen and oxygen atoms in total. The minimum atomic E-state index is -4.82. The van der Waals surface area contributed by atoms with Crippen LogP contribution in [0.2, 0.25) is 0 Å². The first-order valence-electron chi connectivity index (χ1n) is 8.80. The Morgan fingerprint density at radius 3 is 2.34 bits per heavy atom. The average molecular weight is 452 g/mol. The van der Waals surface area contributed by atoms with Crippen molar-refractivity contribution in [3.8, 4) is 17.2 Å². The van der Waals surface area contributed by atoms with Gasteiger partial charge in [-0.25, -0.2) is 4.85 Å². The fourth-order valence-corrected chi connectivity index (χ4v) is 3.18. The van der Waals surface area contributed by atoms with Gasteiger partial charge in [-0.15, -0.1) is 13.2 Å². The molecule has 32 heavy (non-hydrogen) atoms. The highest BCUT2D eigenvalue weighted by Crippen LogP contribution is 2.41. The molecule has 0 unspecified atom stereocenters. The van der Waals surface area contributed by atoms with Gasteiger partial charge in [0.1, 0.15) is 5.75 Å². The van der Waals surface area contributed by atoms with Crippen molar-refractivity contribution in [3.05, 3.63) is 71.5 Å². The van der Waals surface area contributed by atoms with Gasteiger partial charge in [-0.1, -0.05) is 11.2 Å². The van der Waals surface area contributed by atoms with E-state index < -0.39 is 29.5 Å². The summed E-state index contributed by atoms with van der Waals surface area (Å²) < 4.78 is 87.5. The molecule has 0 saturated heterocycles. The van der Waals surface area contributed by atoms with Gasteiger partial charge in [0.15, 0.2) is 11.5 Å². The maximum Gasteiger partial charge on any atom is 0.573 e. The topological polar surface area (TPSA) is 57.4 Å². The van der Waals surface area contributed by atoms with Crippen LogP contribution in [-0.2, 0) is 12.7 Å². The average Bonchev–Trinajstić information content (AvgIpc) is 3.33. The van der Waals surface area contributed by atoms with E-state index >= 15 is 0 Å². The van der Waals surface area contributed by atoms with Gasteiger partial charge in [0.25, 0.3) is 5.89 Å². The number of fused-ring (bicyclic) bond motifs is 1. The summed E-state index contributed by atoms with van der Waals surface area (Å²) in [7, 11) is 0. The molecule has 0 aliphatic carbocycles. The van der Waals surface area contributed by atoms with Crippen molar-refractivity contribution < 1.29 is 35.6 Å². The normalized spacial score (nSPS) is 12.2. The minimum absolute atomic E-state index is 0.0151. The van der Waals surface area contributed by atoms with Crippen LogP contribution in [0.15, 0.2) is 53.2 Å². The van der Waals surface area contributed by atoms with Crippen molar-refractivity contribution in [1.82, 2.24) is 14.7 Å². The van der Waals surface area contributed by atoms with Gasteiger partial charge in [-0.3, -0.25) is 0 Å². The van der Waals surface area contributed by atoms with Crippen molar-refractivity contribution in [2.24, 2.45) is 0 Å². The molecule has 2 aromatic heterocycles. The lowest BCUT2D eigenvalue weighted by atomic mass is 10.1. The zero-order chi connectivity index (χ0) is 23.1. The molecule has 0 spiro atoms. The van der Waals surface area contributed by atoms with Crippen LogP contribution in [0.1, 0.15) is 11.4 Å². The third kappa shape index (κ3) is 4.22. The molecule has 0 atom stereocenters. The van der Waals surface area contributed by atoms with Gasteiger partial charge in [0.2, 0.25) is 0 Å². The maximum atomic E-state index is 13.4. The minimum Gasteiger partial charge on any atom is -0.406 e. The van der Waals surface area contributed by atoms with E-state index in [1.807, 2.05) is 0 Å². The second-order valence-corrected chi connectivity index (χ2v) is 6.53. The monoisotopic (exact) mass is 452 g/mol. The first-order valence-corrected chi connectivity index (χ1v) is 8.80. The van der Waals surface area contributed by atoms with Crippen molar-refractivity contribution in [1.29, 1.82) is 0 Å². The lowest BCUT2D eigenvalue weighted by Crippen LogP contribution is -2.16.